The Morgan fingerprint density at radius 1 is 0.875 bits per heavy atom. The molecule has 1 aromatic rings. The van der Waals surface area contributed by atoms with Gasteiger partial charge in [0.05, 0.1) is 0 Å². The summed E-state index contributed by atoms with van der Waals surface area (Å²) in [6.45, 7) is 0.833. The second-order valence-electron chi connectivity index (χ2n) is 5.46. The van der Waals surface area contributed by atoms with E-state index in [4.69, 9.17) is 11.6 Å². The minimum atomic E-state index is 0.833. The highest BCUT2D eigenvalue weighted by atomic mass is 35.5. The maximum Gasteiger partial charge on any atom is 0.182 e. The van der Waals surface area contributed by atoms with Crippen molar-refractivity contribution in [1.29, 1.82) is 0 Å². The predicted molar refractivity (Wildman–Crippen MR) is 72.0 cm³/mol. The summed E-state index contributed by atoms with van der Waals surface area (Å²) in [6.07, 6.45) is 8.71. The third-order valence-corrected chi connectivity index (χ3v) is 4.82. The van der Waals surface area contributed by atoms with Gasteiger partial charge in [-0.15, -0.1) is 0 Å². The fourth-order valence-electron chi connectivity index (χ4n) is 3.91. The molecule has 0 amide bonds. The second kappa shape index (κ2) is 4.45. The van der Waals surface area contributed by atoms with Gasteiger partial charge < -0.3 is 0 Å². The van der Waals surface area contributed by atoms with Crippen molar-refractivity contribution in [3.63, 3.8) is 0 Å². The van der Waals surface area contributed by atoms with Crippen LogP contribution >= 0.6 is 11.6 Å². The molecule has 0 radical (unpaired) electrons. The van der Waals surface area contributed by atoms with Crippen molar-refractivity contribution in [3.8, 4) is 0 Å². The summed E-state index contributed by atoms with van der Waals surface area (Å²) in [4.78, 5) is 0. The molecular weight excluding hydrogens is 214 g/mol. The summed E-state index contributed by atoms with van der Waals surface area (Å²) < 4.78 is 0. The highest BCUT2D eigenvalue weighted by Gasteiger charge is 2.39. The van der Waals surface area contributed by atoms with Crippen molar-refractivity contribution in [2.24, 2.45) is 0 Å². The zero-order valence-corrected chi connectivity index (χ0v) is 10.4. The molecule has 0 aliphatic carbocycles. The molecule has 2 aliphatic heterocycles. The minimum absolute atomic E-state index is 0.833. The molecule has 0 spiro atoms. The Hall–Kier alpha value is -0.425. The molecule has 84 valence electrons. The Balaban J connectivity index is 1.89. The highest BCUT2D eigenvalue weighted by Crippen LogP contribution is 2.45. The van der Waals surface area contributed by atoms with Crippen LogP contribution < -0.4 is 5.46 Å². The van der Waals surface area contributed by atoms with Gasteiger partial charge in [-0.2, -0.15) is 0 Å². The molecule has 0 saturated carbocycles. The molecule has 2 fully saturated rings. The molecule has 0 unspecified atom stereocenters. The lowest BCUT2D eigenvalue weighted by atomic mass is 9.25. The standard InChI is InChI=1S/C14H18BCl/c16-14-9-7-13(8-10-14)15-11-3-1-4-12(15)6-2-5-11/h7-12H,1-6H2. The van der Waals surface area contributed by atoms with E-state index < -0.39 is 0 Å². The van der Waals surface area contributed by atoms with Crippen LogP contribution in [0.5, 0.6) is 0 Å². The third-order valence-electron chi connectivity index (χ3n) is 4.57. The van der Waals surface area contributed by atoms with Crippen molar-refractivity contribution < 1.29 is 0 Å². The summed E-state index contributed by atoms with van der Waals surface area (Å²) in [5.41, 5.74) is 1.54. The zero-order chi connectivity index (χ0) is 11.0. The first-order valence-corrected chi connectivity index (χ1v) is 6.98. The topological polar surface area (TPSA) is 0 Å². The van der Waals surface area contributed by atoms with E-state index in [-0.39, 0.29) is 0 Å². The van der Waals surface area contributed by atoms with Gasteiger partial charge in [-0.1, -0.05) is 79.4 Å². The maximum absolute atomic E-state index is 5.97. The first-order chi connectivity index (χ1) is 7.84. The normalized spacial score (nSPS) is 29.2. The van der Waals surface area contributed by atoms with Crippen LogP contribution in [0.2, 0.25) is 16.7 Å². The number of hydrogen-bond donors (Lipinski definition) is 0. The van der Waals surface area contributed by atoms with Crippen LogP contribution in [0.15, 0.2) is 24.3 Å². The Morgan fingerprint density at radius 3 is 1.88 bits per heavy atom. The van der Waals surface area contributed by atoms with Crippen LogP contribution in [0.1, 0.15) is 38.5 Å². The summed E-state index contributed by atoms with van der Waals surface area (Å²) in [6, 6.07) is 8.62. The molecule has 0 aromatic heterocycles. The van der Waals surface area contributed by atoms with Crippen LogP contribution in [0.25, 0.3) is 0 Å². The van der Waals surface area contributed by atoms with Crippen LogP contribution in [-0.4, -0.2) is 6.71 Å². The number of benzene rings is 1. The molecule has 1 aromatic carbocycles. The van der Waals surface area contributed by atoms with E-state index in [1.165, 1.54) is 38.5 Å². The molecule has 16 heavy (non-hydrogen) atoms. The molecule has 2 heteroatoms. The number of rotatable bonds is 1. The number of fused-ring (bicyclic) bond motifs is 2. The molecule has 2 aliphatic rings. The fraction of sp³-hybridized carbons (Fsp3) is 0.571. The van der Waals surface area contributed by atoms with E-state index in [0.29, 0.717) is 0 Å². The fourth-order valence-corrected chi connectivity index (χ4v) is 4.03. The monoisotopic (exact) mass is 232 g/mol. The van der Waals surface area contributed by atoms with Crippen molar-refractivity contribution in [2.45, 2.75) is 50.2 Å². The lowest BCUT2D eigenvalue weighted by molar-refractivity contribution is 0.448. The van der Waals surface area contributed by atoms with E-state index in [0.717, 1.165) is 23.4 Å². The Kier molecular flexibility index (Phi) is 2.98. The second-order valence-corrected chi connectivity index (χ2v) is 5.90. The first kappa shape index (κ1) is 10.7. The van der Waals surface area contributed by atoms with Crippen LogP contribution in [-0.2, 0) is 0 Å². The van der Waals surface area contributed by atoms with Crippen LogP contribution in [0.3, 0.4) is 0 Å². The molecule has 0 nitrogen and oxygen atoms in total. The van der Waals surface area contributed by atoms with Gasteiger partial charge in [-0.05, 0) is 12.1 Å². The molecular formula is C14H18BCl. The molecule has 0 atom stereocenters. The zero-order valence-electron chi connectivity index (χ0n) is 9.66. The Bertz CT molecular complexity index is 338. The van der Waals surface area contributed by atoms with Gasteiger partial charge in [-0.3, -0.25) is 0 Å². The van der Waals surface area contributed by atoms with Gasteiger partial charge in [-0.25, -0.2) is 0 Å². The van der Waals surface area contributed by atoms with Gasteiger partial charge in [0.15, 0.2) is 6.71 Å². The summed E-state index contributed by atoms with van der Waals surface area (Å²) >= 11 is 5.97. The number of halogens is 1. The quantitative estimate of drug-likeness (QED) is 0.638. The Labute approximate surface area is 103 Å². The van der Waals surface area contributed by atoms with Gasteiger partial charge in [0.25, 0.3) is 0 Å². The van der Waals surface area contributed by atoms with E-state index in [2.05, 4.69) is 24.3 Å². The summed E-state index contributed by atoms with van der Waals surface area (Å²) in [5, 5.41) is 0.865. The molecule has 3 rings (SSSR count). The molecule has 2 heterocycles. The summed E-state index contributed by atoms with van der Waals surface area (Å²) in [7, 11) is 0. The van der Waals surface area contributed by atoms with Crippen LogP contribution in [0, 0.1) is 0 Å². The molecule has 2 bridgehead atoms. The lowest BCUT2D eigenvalue weighted by Gasteiger charge is -2.40. The molecule has 2 saturated heterocycles. The maximum atomic E-state index is 5.97. The number of hydrogen-bond acceptors (Lipinski definition) is 0. The van der Waals surface area contributed by atoms with E-state index in [9.17, 15) is 0 Å². The summed E-state index contributed by atoms with van der Waals surface area (Å²) in [5.74, 6) is 1.90. The van der Waals surface area contributed by atoms with E-state index >= 15 is 0 Å². The van der Waals surface area contributed by atoms with Gasteiger partial charge >= 0.3 is 0 Å². The van der Waals surface area contributed by atoms with E-state index in [1.54, 1.807) is 5.46 Å². The Morgan fingerprint density at radius 2 is 1.38 bits per heavy atom. The van der Waals surface area contributed by atoms with Crippen molar-refractivity contribution in [2.75, 3.05) is 0 Å². The van der Waals surface area contributed by atoms with Crippen LogP contribution in [0.4, 0.5) is 0 Å². The van der Waals surface area contributed by atoms with Gasteiger partial charge in [0.1, 0.15) is 0 Å². The first-order valence-electron chi connectivity index (χ1n) is 6.60. The van der Waals surface area contributed by atoms with E-state index in [1.807, 2.05) is 0 Å². The van der Waals surface area contributed by atoms with Crippen molar-refractivity contribution >= 4 is 23.8 Å². The minimum Gasteiger partial charge on any atom is -0.0843 e. The third kappa shape index (κ3) is 1.90. The van der Waals surface area contributed by atoms with Crippen molar-refractivity contribution in [1.82, 2.24) is 0 Å². The largest absolute Gasteiger partial charge is 0.182 e. The average Bonchev–Trinajstić information content (AvgIpc) is 2.29. The van der Waals surface area contributed by atoms with Gasteiger partial charge in [0, 0.05) is 5.02 Å². The smallest absolute Gasteiger partial charge is 0.0843 e. The van der Waals surface area contributed by atoms with Gasteiger partial charge in [0.2, 0.25) is 0 Å². The highest BCUT2D eigenvalue weighted by molar-refractivity contribution is 6.76. The lowest BCUT2D eigenvalue weighted by Crippen LogP contribution is -2.44. The molecule has 0 N–H and O–H groups in total. The van der Waals surface area contributed by atoms with Crippen molar-refractivity contribution in [3.05, 3.63) is 29.3 Å². The SMILES string of the molecule is Clc1ccc(B2C3CCCC2CCC3)cc1. The average molecular weight is 233 g/mol. The predicted octanol–water partition coefficient (Wildman–Crippen LogP) is 4.15.